The van der Waals surface area contributed by atoms with Gasteiger partial charge in [0.2, 0.25) is 5.91 Å². The lowest BCUT2D eigenvalue weighted by molar-refractivity contribution is -0.151. The van der Waals surface area contributed by atoms with E-state index in [2.05, 4.69) is 62.5 Å². The van der Waals surface area contributed by atoms with Gasteiger partial charge in [-0.15, -0.1) is 0 Å². The molecule has 0 radical (unpaired) electrons. The van der Waals surface area contributed by atoms with Gasteiger partial charge in [0.15, 0.2) is 0 Å². The fraction of sp³-hybridized carbons (Fsp3) is 0.846. The Hall–Kier alpha value is -1.92. The average Bonchev–Trinajstić information content (AvgIpc) is 3.22. The van der Waals surface area contributed by atoms with Crippen molar-refractivity contribution in [1.82, 2.24) is 5.32 Å². The van der Waals surface area contributed by atoms with Crippen molar-refractivity contribution in [2.45, 2.75) is 277 Å². The molecule has 0 saturated heterocycles. The standard InChI is InChI=1S/C52H97NO5/c1-4-7-10-13-16-19-22-24-26-27-29-32-35-38-41-44-50(55)49(47-54)53-51(56)46-48(43-40-37-34-31-21-18-15-12-9-6-3)58-52(57)45-42-39-36-33-30-28-25-23-20-17-14-11-8-5-2/h8,11,17,20,25,28,48-50,54-55H,4-7,9-10,12-16,18-19,21-24,26-27,29-47H2,1-3H3,(H,53,56)/b11-8+,20-17+,28-25+. The van der Waals surface area contributed by atoms with E-state index in [-0.39, 0.29) is 24.9 Å². The van der Waals surface area contributed by atoms with Gasteiger partial charge >= 0.3 is 5.97 Å². The topological polar surface area (TPSA) is 95.9 Å². The van der Waals surface area contributed by atoms with Crippen LogP contribution in [0.1, 0.15) is 258 Å². The molecule has 0 aliphatic carbocycles. The molecule has 0 aliphatic rings. The highest BCUT2D eigenvalue weighted by Crippen LogP contribution is 2.18. The van der Waals surface area contributed by atoms with E-state index in [0.29, 0.717) is 19.3 Å². The molecule has 3 atom stereocenters. The van der Waals surface area contributed by atoms with Gasteiger partial charge in [-0.25, -0.2) is 0 Å². The van der Waals surface area contributed by atoms with E-state index in [4.69, 9.17) is 4.74 Å². The highest BCUT2D eigenvalue weighted by atomic mass is 16.5. The first kappa shape index (κ1) is 56.1. The number of nitrogens with one attached hydrogen (secondary N) is 1. The Morgan fingerprint density at radius 3 is 1.41 bits per heavy atom. The number of ether oxygens (including phenoxy) is 1. The number of hydrogen-bond acceptors (Lipinski definition) is 5. The maximum absolute atomic E-state index is 13.2. The number of carbonyl (C=O) groups is 2. The number of carbonyl (C=O) groups excluding carboxylic acids is 2. The number of aliphatic hydroxyl groups is 2. The van der Waals surface area contributed by atoms with Crippen molar-refractivity contribution in [1.29, 1.82) is 0 Å². The summed E-state index contributed by atoms with van der Waals surface area (Å²) in [5, 5.41) is 23.7. The van der Waals surface area contributed by atoms with Gasteiger partial charge in [0.25, 0.3) is 0 Å². The number of amides is 1. The van der Waals surface area contributed by atoms with Crippen LogP contribution in [0.4, 0.5) is 0 Å². The third-order valence-corrected chi connectivity index (χ3v) is 11.5. The van der Waals surface area contributed by atoms with Gasteiger partial charge in [-0.05, 0) is 57.8 Å². The molecule has 6 nitrogen and oxygen atoms in total. The maximum Gasteiger partial charge on any atom is 0.306 e. The fourth-order valence-electron chi connectivity index (χ4n) is 7.68. The van der Waals surface area contributed by atoms with Crippen LogP contribution in [-0.4, -0.2) is 46.9 Å². The van der Waals surface area contributed by atoms with E-state index in [1.165, 1.54) is 135 Å². The van der Waals surface area contributed by atoms with Gasteiger partial charge in [-0.2, -0.15) is 0 Å². The Morgan fingerprint density at radius 1 is 0.517 bits per heavy atom. The molecule has 0 rings (SSSR count). The van der Waals surface area contributed by atoms with Crippen molar-refractivity contribution in [3.63, 3.8) is 0 Å². The Labute approximate surface area is 360 Å². The number of rotatable bonds is 45. The van der Waals surface area contributed by atoms with E-state index in [1.807, 2.05) is 0 Å². The van der Waals surface area contributed by atoms with Crippen LogP contribution < -0.4 is 5.32 Å². The predicted octanol–water partition coefficient (Wildman–Crippen LogP) is 14.9. The minimum absolute atomic E-state index is 0.0717. The zero-order valence-electron chi connectivity index (χ0n) is 38.7. The molecule has 340 valence electrons. The molecule has 0 heterocycles. The summed E-state index contributed by atoms with van der Waals surface area (Å²) >= 11 is 0. The van der Waals surface area contributed by atoms with E-state index >= 15 is 0 Å². The summed E-state index contributed by atoms with van der Waals surface area (Å²) in [5.74, 6) is -0.492. The van der Waals surface area contributed by atoms with Gasteiger partial charge in [0.05, 0.1) is 25.2 Å². The van der Waals surface area contributed by atoms with Crippen LogP contribution in [-0.2, 0) is 14.3 Å². The van der Waals surface area contributed by atoms with Crippen LogP contribution in [0.5, 0.6) is 0 Å². The van der Waals surface area contributed by atoms with Crippen molar-refractivity contribution >= 4 is 11.9 Å². The Kier molecular flexibility index (Phi) is 44.6. The first-order valence-corrected chi connectivity index (χ1v) is 25.2. The highest BCUT2D eigenvalue weighted by molar-refractivity contribution is 5.77. The molecule has 0 fully saturated rings. The monoisotopic (exact) mass is 816 g/mol. The van der Waals surface area contributed by atoms with Gasteiger partial charge in [-0.1, -0.05) is 224 Å². The van der Waals surface area contributed by atoms with Crippen molar-refractivity contribution in [3.05, 3.63) is 36.5 Å². The van der Waals surface area contributed by atoms with Crippen molar-refractivity contribution in [2.75, 3.05) is 6.61 Å². The molecule has 0 aromatic heterocycles. The van der Waals surface area contributed by atoms with Gasteiger partial charge in [-0.3, -0.25) is 9.59 Å². The SMILES string of the molecule is CC/C=C/C/C=C/C/C=C/CCCCCCC(=O)OC(CCCCCCCCCCCC)CC(=O)NC(CO)C(O)CCCCCCCCCCCCCCCCC. The molecule has 1 amide bonds. The molecule has 3 N–H and O–H groups in total. The lowest BCUT2D eigenvalue weighted by atomic mass is 10.0. The van der Waals surface area contributed by atoms with E-state index < -0.39 is 18.2 Å². The molecule has 0 aromatic rings. The van der Waals surface area contributed by atoms with Crippen molar-refractivity contribution in [3.8, 4) is 0 Å². The van der Waals surface area contributed by atoms with Crippen LogP contribution in [0.25, 0.3) is 0 Å². The molecule has 58 heavy (non-hydrogen) atoms. The van der Waals surface area contributed by atoms with Crippen LogP contribution in [0.2, 0.25) is 0 Å². The molecule has 0 saturated carbocycles. The first-order chi connectivity index (χ1) is 28.5. The number of hydrogen-bond donors (Lipinski definition) is 3. The zero-order valence-corrected chi connectivity index (χ0v) is 38.7. The lowest BCUT2D eigenvalue weighted by Gasteiger charge is -2.24. The number of aliphatic hydroxyl groups excluding tert-OH is 2. The van der Waals surface area contributed by atoms with Crippen molar-refractivity contribution in [2.24, 2.45) is 0 Å². The second-order valence-corrected chi connectivity index (χ2v) is 17.2. The summed E-state index contributed by atoms with van der Waals surface area (Å²) < 4.78 is 5.91. The summed E-state index contributed by atoms with van der Waals surface area (Å²) in [6.07, 6.45) is 53.5. The minimum atomic E-state index is -0.788. The minimum Gasteiger partial charge on any atom is -0.462 e. The molecule has 0 bridgehead atoms. The molecular formula is C52H97NO5. The fourth-order valence-corrected chi connectivity index (χ4v) is 7.68. The number of unbranched alkanes of at least 4 members (excludes halogenated alkanes) is 27. The van der Waals surface area contributed by atoms with Crippen molar-refractivity contribution < 1.29 is 24.5 Å². The third kappa shape index (κ3) is 40.8. The zero-order chi connectivity index (χ0) is 42.4. The molecular weight excluding hydrogens is 719 g/mol. The summed E-state index contributed by atoms with van der Waals surface area (Å²) in [4.78, 5) is 26.1. The average molecular weight is 816 g/mol. The van der Waals surface area contributed by atoms with Gasteiger partial charge in [0, 0.05) is 6.42 Å². The largest absolute Gasteiger partial charge is 0.462 e. The quantitative estimate of drug-likeness (QED) is 0.0323. The first-order valence-electron chi connectivity index (χ1n) is 25.2. The second-order valence-electron chi connectivity index (χ2n) is 17.2. The van der Waals surface area contributed by atoms with Gasteiger partial charge < -0.3 is 20.3 Å². The highest BCUT2D eigenvalue weighted by Gasteiger charge is 2.24. The van der Waals surface area contributed by atoms with E-state index in [9.17, 15) is 19.8 Å². The number of allylic oxidation sites excluding steroid dienone is 6. The Morgan fingerprint density at radius 2 is 0.931 bits per heavy atom. The Balaban J connectivity index is 4.51. The normalized spacial score (nSPS) is 13.5. The summed E-state index contributed by atoms with van der Waals surface area (Å²) in [6, 6.07) is -0.702. The molecule has 0 aromatic carbocycles. The summed E-state index contributed by atoms with van der Waals surface area (Å²) in [6.45, 7) is 6.37. The van der Waals surface area contributed by atoms with Crippen LogP contribution in [0.3, 0.4) is 0 Å². The molecule has 0 aliphatic heterocycles. The van der Waals surface area contributed by atoms with Crippen LogP contribution >= 0.6 is 0 Å². The smallest absolute Gasteiger partial charge is 0.306 e. The maximum atomic E-state index is 13.2. The molecule has 0 spiro atoms. The lowest BCUT2D eigenvalue weighted by Crippen LogP contribution is -2.46. The third-order valence-electron chi connectivity index (χ3n) is 11.5. The molecule has 3 unspecified atom stereocenters. The summed E-state index contributed by atoms with van der Waals surface area (Å²) in [7, 11) is 0. The second kappa shape index (κ2) is 46.2. The number of esters is 1. The van der Waals surface area contributed by atoms with Crippen LogP contribution in [0, 0.1) is 0 Å². The Bertz CT molecular complexity index is 961. The van der Waals surface area contributed by atoms with Crippen LogP contribution in [0.15, 0.2) is 36.5 Å². The van der Waals surface area contributed by atoms with E-state index in [0.717, 1.165) is 77.0 Å². The predicted molar refractivity (Wildman–Crippen MR) is 250 cm³/mol. The van der Waals surface area contributed by atoms with E-state index in [1.54, 1.807) is 0 Å². The molecule has 6 heteroatoms. The summed E-state index contributed by atoms with van der Waals surface area (Å²) in [5.41, 5.74) is 0. The van der Waals surface area contributed by atoms with Gasteiger partial charge in [0.1, 0.15) is 6.10 Å².